The van der Waals surface area contributed by atoms with Crippen molar-refractivity contribution in [1.29, 1.82) is 0 Å². The van der Waals surface area contributed by atoms with Crippen LogP contribution in [0.25, 0.3) is 0 Å². The SMILES string of the molecule is CC(=O)c1ccc(Cl)nc1O[C@H]1CCN(C(=O)OC(C)(C)C)C1. The number of hydrogen-bond acceptors (Lipinski definition) is 5. The molecule has 0 radical (unpaired) electrons. The number of halogens is 1. The third kappa shape index (κ3) is 4.82. The van der Waals surface area contributed by atoms with Gasteiger partial charge >= 0.3 is 6.09 Å². The van der Waals surface area contributed by atoms with E-state index in [-0.39, 0.29) is 29.0 Å². The molecule has 23 heavy (non-hydrogen) atoms. The molecule has 0 bridgehead atoms. The van der Waals surface area contributed by atoms with E-state index in [4.69, 9.17) is 21.1 Å². The van der Waals surface area contributed by atoms with E-state index in [9.17, 15) is 9.59 Å². The van der Waals surface area contributed by atoms with Gasteiger partial charge in [0.15, 0.2) is 5.78 Å². The van der Waals surface area contributed by atoms with Crippen molar-refractivity contribution in [1.82, 2.24) is 9.88 Å². The minimum absolute atomic E-state index is 0.147. The molecule has 1 aliphatic rings. The van der Waals surface area contributed by atoms with Crippen molar-refractivity contribution in [3.63, 3.8) is 0 Å². The molecule has 1 aromatic rings. The topological polar surface area (TPSA) is 68.7 Å². The van der Waals surface area contributed by atoms with Crippen LogP contribution in [0.2, 0.25) is 5.15 Å². The maximum atomic E-state index is 12.0. The molecule has 1 atom stereocenters. The summed E-state index contributed by atoms with van der Waals surface area (Å²) in [6.45, 7) is 7.84. The molecule has 6 nitrogen and oxygen atoms in total. The first-order valence-electron chi connectivity index (χ1n) is 7.48. The third-order valence-corrected chi connectivity index (χ3v) is 3.49. The molecular formula is C16H21ClN2O4. The number of ketones is 1. The average molecular weight is 341 g/mol. The number of rotatable bonds is 3. The van der Waals surface area contributed by atoms with Gasteiger partial charge in [-0.05, 0) is 39.8 Å². The van der Waals surface area contributed by atoms with Gasteiger partial charge in [-0.1, -0.05) is 11.6 Å². The van der Waals surface area contributed by atoms with Gasteiger partial charge in [0.25, 0.3) is 0 Å². The Morgan fingerprint density at radius 2 is 2.04 bits per heavy atom. The number of carbonyl (C=O) groups excluding carboxylic acids is 2. The number of likely N-dealkylation sites (tertiary alicyclic amines) is 1. The monoisotopic (exact) mass is 340 g/mol. The van der Waals surface area contributed by atoms with Crippen LogP contribution in [0.5, 0.6) is 5.88 Å². The number of pyridine rings is 1. The number of hydrogen-bond donors (Lipinski definition) is 0. The minimum Gasteiger partial charge on any atom is -0.472 e. The first-order valence-corrected chi connectivity index (χ1v) is 7.85. The van der Waals surface area contributed by atoms with Crippen LogP contribution in [-0.4, -0.2) is 46.6 Å². The molecule has 0 unspecified atom stereocenters. The summed E-state index contributed by atoms with van der Waals surface area (Å²) in [6.07, 6.45) is 0.0335. The Morgan fingerprint density at radius 1 is 1.35 bits per heavy atom. The number of carbonyl (C=O) groups is 2. The lowest BCUT2D eigenvalue weighted by molar-refractivity contribution is 0.0274. The Balaban J connectivity index is 2.02. The van der Waals surface area contributed by atoms with E-state index >= 15 is 0 Å². The summed E-state index contributed by atoms with van der Waals surface area (Å²) in [5.74, 6) is 0.0622. The molecule has 0 spiro atoms. The van der Waals surface area contributed by atoms with Crippen molar-refractivity contribution < 1.29 is 19.1 Å². The van der Waals surface area contributed by atoms with E-state index in [2.05, 4.69) is 4.98 Å². The number of nitrogens with zero attached hydrogens (tertiary/aromatic N) is 2. The first-order chi connectivity index (χ1) is 10.7. The van der Waals surface area contributed by atoms with Crippen molar-refractivity contribution in [2.45, 2.75) is 45.8 Å². The molecule has 0 N–H and O–H groups in total. The number of aromatic nitrogens is 1. The fourth-order valence-electron chi connectivity index (χ4n) is 2.25. The standard InChI is InChI=1S/C16H21ClN2O4/c1-10(20)12-5-6-13(17)18-14(12)22-11-7-8-19(9-11)15(21)23-16(2,3)4/h5-6,11H,7-9H2,1-4H3/t11-/m0/s1. The van der Waals surface area contributed by atoms with E-state index in [0.29, 0.717) is 25.1 Å². The zero-order valence-corrected chi connectivity index (χ0v) is 14.5. The molecule has 7 heteroatoms. The quantitative estimate of drug-likeness (QED) is 0.623. The Kier molecular flexibility index (Phi) is 5.14. The van der Waals surface area contributed by atoms with Gasteiger partial charge in [-0.3, -0.25) is 4.79 Å². The highest BCUT2D eigenvalue weighted by Crippen LogP contribution is 2.24. The third-order valence-electron chi connectivity index (χ3n) is 3.28. The average Bonchev–Trinajstić information content (AvgIpc) is 2.85. The minimum atomic E-state index is -0.535. The number of ether oxygens (including phenoxy) is 2. The second-order valence-corrected chi connectivity index (χ2v) is 6.89. The number of amides is 1. The summed E-state index contributed by atoms with van der Waals surface area (Å²) in [5, 5.41) is 0.256. The summed E-state index contributed by atoms with van der Waals surface area (Å²) in [7, 11) is 0. The van der Waals surface area contributed by atoms with Gasteiger partial charge in [-0.15, -0.1) is 0 Å². The molecule has 1 aromatic heterocycles. The van der Waals surface area contributed by atoms with Crippen LogP contribution in [-0.2, 0) is 4.74 Å². The van der Waals surface area contributed by atoms with Crippen LogP contribution in [0.15, 0.2) is 12.1 Å². The first kappa shape index (κ1) is 17.5. The lowest BCUT2D eigenvalue weighted by Crippen LogP contribution is -2.36. The summed E-state index contributed by atoms with van der Waals surface area (Å²) in [4.78, 5) is 29.3. The van der Waals surface area contributed by atoms with Gasteiger partial charge in [-0.2, -0.15) is 0 Å². The van der Waals surface area contributed by atoms with Gasteiger partial charge in [0.2, 0.25) is 5.88 Å². The van der Waals surface area contributed by atoms with Crippen LogP contribution >= 0.6 is 11.6 Å². The van der Waals surface area contributed by atoms with Crippen molar-refractivity contribution in [2.75, 3.05) is 13.1 Å². The Morgan fingerprint density at radius 3 is 2.65 bits per heavy atom. The highest BCUT2D eigenvalue weighted by molar-refractivity contribution is 6.29. The second kappa shape index (κ2) is 6.74. The van der Waals surface area contributed by atoms with Crippen molar-refractivity contribution in [3.05, 3.63) is 22.8 Å². The van der Waals surface area contributed by atoms with Gasteiger partial charge in [0, 0.05) is 13.0 Å². The van der Waals surface area contributed by atoms with E-state index in [1.165, 1.54) is 6.92 Å². The fourth-order valence-corrected chi connectivity index (χ4v) is 2.39. The zero-order valence-electron chi connectivity index (χ0n) is 13.8. The lowest BCUT2D eigenvalue weighted by atomic mass is 10.2. The Hall–Kier alpha value is -1.82. The van der Waals surface area contributed by atoms with Gasteiger partial charge < -0.3 is 14.4 Å². The Labute approximate surface area is 140 Å². The molecule has 0 aliphatic carbocycles. The van der Waals surface area contributed by atoms with E-state index in [0.717, 1.165) is 0 Å². The highest BCUT2D eigenvalue weighted by Gasteiger charge is 2.31. The van der Waals surface area contributed by atoms with Crippen LogP contribution in [0.1, 0.15) is 44.5 Å². The second-order valence-electron chi connectivity index (χ2n) is 6.50. The molecule has 1 saturated heterocycles. The summed E-state index contributed by atoms with van der Waals surface area (Å²) in [5.41, 5.74) is -0.156. The molecule has 1 amide bonds. The fraction of sp³-hybridized carbons (Fsp3) is 0.562. The van der Waals surface area contributed by atoms with Crippen LogP contribution < -0.4 is 4.74 Å². The predicted molar refractivity (Wildman–Crippen MR) is 86.1 cm³/mol. The van der Waals surface area contributed by atoms with Crippen LogP contribution in [0.3, 0.4) is 0 Å². The van der Waals surface area contributed by atoms with E-state index in [1.54, 1.807) is 17.0 Å². The highest BCUT2D eigenvalue weighted by atomic mass is 35.5. The molecule has 1 fully saturated rings. The molecule has 126 valence electrons. The normalized spacial score (nSPS) is 18.0. The molecule has 1 aliphatic heterocycles. The maximum Gasteiger partial charge on any atom is 0.410 e. The van der Waals surface area contributed by atoms with E-state index in [1.807, 2.05) is 20.8 Å². The van der Waals surface area contributed by atoms with E-state index < -0.39 is 5.60 Å². The molecule has 0 saturated carbocycles. The van der Waals surface area contributed by atoms with Crippen molar-refractivity contribution in [3.8, 4) is 5.88 Å². The molecular weight excluding hydrogens is 320 g/mol. The van der Waals surface area contributed by atoms with Crippen LogP contribution in [0, 0.1) is 0 Å². The number of Topliss-reactive ketones (excluding diaryl/α,β-unsaturated/α-hetero) is 1. The lowest BCUT2D eigenvalue weighted by Gasteiger charge is -2.24. The summed E-state index contributed by atoms with van der Waals surface area (Å²) in [6, 6.07) is 3.14. The zero-order chi connectivity index (χ0) is 17.2. The van der Waals surface area contributed by atoms with Gasteiger partial charge in [0.1, 0.15) is 16.9 Å². The Bertz CT molecular complexity index is 613. The van der Waals surface area contributed by atoms with Crippen molar-refractivity contribution in [2.24, 2.45) is 0 Å². The van der Waals surface area contributed by atoms with Crippen LogP contribution in [0.4, 0.5) is 4.79 Å². The van der Waals surface area contributed by atoms with Gasteiger partial charge in [-0.25, -0.2) is 9.78 Å². The summed E-state index contributed by atoms with van der Waals surface area (Å²) < 4.78 is 11.1. The van der Waals surface area contributed by atoms with Gasteiger partial charge in [0.05, 0.1) is 12.1 Å². The molecule has 2 rings (SSSR count). The molecule has 2 heterocycles. The summed E-state index contributed by atoms with van der Waals surface area (Å²) >= 11 is 5.87. The largest absolute Gasteiger partial charge is 0.472 e. The maximum absolute atomic E-state index is 12.0. The molecule has 0 aromatic carbocycles. The van der Waals surface area contributed by atoms with Crippen molar-refractivity contribution >= 4 is 23.5 Å². The predicted octanol–water partition coefficient (Wildman–Crippen LogP) is 3.33. The smallest absolute Gasteiger partial charge is 0.410 e.